The molecular formula is C16H23NO3. The lowest BCUT2D eigenvalue weighted by Crippen LogP contribution is -2.38. The Balaban J connectivity index is 1.90. The summed E-state index contributed by atoms with van der Waals surface area (Å²) in [5.41, 5.74) is 1.25. The lowest BCUT2D eigenvalue weighted by Gasteiger charge is -2.31. The van der Waals surface area contributed by atoms with Crippen LogP contribution in [0, 0.1) is 5.92 Å². The number of hydrogen-bond acceptors (Lipinski definition) is 4. The van der Waals surface area contributed by atoms with Gasteiger partial charge in [0.15, 0.2) is 0 Å². The molecule has 1 atom stereocenters. The van der Waals surface area contributed by atoms with Gasteiger partial charge in [-0.1, -0.05) is 12.1 Å². The average molecular weight is 277 g/mol. The molecule has 1 heterocycles. The molecule has 110 valence electrons. The van der Waals surface area contributed by atoms with Gasteiger partial charge in [-0.15, -0.1) is 0 Å². The van der Waals surface area contributed by atoms with E-state index >= 15 is 0 Å². The topological polar surface area (TPSA) is 38.8 Å². The summed E-state index contributed by atoms with van der Waals surface area (Å²) in [6.07, 6.45) is 1.99. The minimum Gasteiger partial charge on any atom is -0.494 e. The highest BCUT2D eigenvalue weighted by Gasteiger charge is 2.26. The maximum atomic E-state index is 11.6. The van der Waals surface area contributed by atoms with Crippen LogP contribution in [0.1, 0.15) is 25.3 Å². The number of nitrogens with zero attached hydrogens (tertiary/aromatic N) is 1. The van der Waals surface area contributed by atoms with Crippen molar-refractivity contribution < 1.29 is 14.3 Å². The third kappa shape index (κ3) is 3.97. The van der Waals surface area contributed by atoms with Crippen molar-refractivity contribution in [2.24, 2.45) is 5.92 Å². The Kier molecular flexibility index (Phi) is 5.41. The third-order valence-electron chi connectivity index (χ3n) is 3.68. The van der Waals surface area contributed by atoms with E-state index < -0.39 is 0 Å². The van der Waals surface area contributed by atoms with E-state index in [1.807, 2.05) is 19.1 Å². The normalized spacial score (nSPS) is 19.6. The number of ether oxygens (including phenoxy) is 2. The molecule has 0 bridgehead atoms. The molecule has 1 aliphatic rings. The summed E-state index contributed by atoms with van der Waals surface area (Å²) in [5.74, 6) is 0.847. The number of piperidine rings is 1. The van der Waals surface area contributed by atoms with Crippen LogP contribution < -0.4 is 4.74 Å². The van der Waals surface area contributed by atoms with Crippen molar-refractivity contribution in [3.05, 3.63) is 29.8 Å². The fourth-order valence-corrected chi connectivity index (χ4v) is 2.67. The van der Waals surface area contributed by atoms with Crippen LogP contribution in [0.3, 0.4) is 0 Å². The predicted octanol–water partition coefficient (Wildman–Crippen LogP) is 2.47. The van der Waals surface area contributed by atoms with Crippen molar-refractivity contribution in [1.82, 2.24) is 4.90 Å². The molecule has 1 aliphatic heterocycles. The second-order valence-electron chi connectivity index (χ2n) is 5.17. The van der Waals surface area contributed by atoms with Crippen LogP contribution in [0.25, 0.3) is 0 Å². The molecule has 4 nitrogen and oxygen atoms in total. The molecule has 1 aromatic carbocycles. The minimum atomic E-state index is -0.0820. The molecule has 0 aromatic heterocycles. The summed E-state index contributed by atoms with van der Waals surface area (Å²) >= 11 is 0. The monoisotopic (exact) mass is 277 g/mol. The van der Waals surface area contributed by atoms with Crippen molar-refractivity contribution in [2.45, 2.75) is 26.3 Å². The molecule has 4 heteroatoms. The van der Waals surface area contributed by atoms with Crippen molar-refractivity contribution >= 4 is 5.97 Å². The molecule has 0 aliphatic carbocycles. The number of esters is 1. The Bertz CT molecular complexity index is 430. The van der Waals surface area contributed by atoms with Gasteiger partial charge >= 0.3 is 5.97 Å². The Morgan fingerprint density at radius 3 is 2.75 bits per heavy atom. The fraction of sp³-hybridized carbons (Fsp3) is 0.562. The zero-order valence-corrected chi connectivity index (χ0v) is 12.3. The Labute approximate surface area is 120 Å². The molecule has 1 unspecified atom stereocenters. The van der Waals surface area contributed by atoms with Gasteiger partial charge in [0.05, 0.1) is 19.6 Å². The predicted molar refractivity (Wildman–Crippen MR) is 77.6 cm³/mol. The number of carbonyl (C=O) groups is 1. The van der Waals surface area contributed by atoms with E-state index in [0.717, 1.165) is 38.2 Å². The summed E-state index contributed by atoms with van der Waals surface area (Å²) in [6, 6.07) is 8.18. The maximum absolute atomic E-state index is 11.6. The average Bonchev–Trinajstić information content (AvgIpc) is 2.49. The number of likely N-dealkylation sites (tertiary alicyclic amines) is 1. The highest BCUT2D eigenvalue weighted by atomic mass is 16.5. The number of methoxy groups -OCH3 is 1. The van der Waals surface area contributed by atoms with Crippen LogP contribution in [-0.4, -0.2) is 37.7 Å². The van der Waals surface area contributed by atoms with Gasteiger partial charge in [-0.2, -0.15) is 0 Å². The molecule has 1 aromatic rings. The number of benzene rings is 1. The van der Waals surface area contributed by atoms with Gasteiger partial charge in [0.1, 0.15) is 5.75 Å². The summed E-state index contributed by atoms with van der Waals surface area (Å²) in [7, 11) is 1.47. The first kappa shape index (κ1) is 14.9. The van der Waals surface area contributed by atoms with Gasteiger partial charge < -0.3 is 9.47 Å². The molecule has 0 N–H and O–H groups in total. The van der Waals surface area contributed by atoms with Gasteiger partial charge in [-0.3, -0.25) is 9.69 Å². The van der Waals surface area contributed by atoms with E-state index in [-0.39, 0.29) is 11.9 Å². The summed E-state index contributed by atoms with van der Waals surface area (Å²) in [6.45, 7) is 5.38. The first-order valence-electron chi connectivity index (χ1n) is 7.25. The lowest BCUT2D eigenvalue weighted by molar-refractivity contribution is -0.147. The van der Waals surface area contributed by atoms with E-state index in [0.29, 0.717) is 6.61 Å². The highest BCUT2D eigenvalue weighted by molar-refractivity contribution is 5.72. The summed E-state index contributed by atoms with van der Waals surface area (Å²) in [4.78, 5) is 13.9. The van der Waals surface area contributed by atoms with Gasteiger partial charge in [0.25, 0.3) is 0 Å². The number of carbonyl (C=O) groups excluding carboxylic acids is 1. The zero-order valence-electron chi connectivity index (χ0n) is 12.3. The van der Waals surface area contributed by atoms with E-state index in [1.54, 1.807) is 0 Å². The van der Waals surface area contributed by atoms with E-state index in [4.69, 9.17) is 9.47 Å². The molecule has 0 saturated carbocycles. The zero-order chi connectivity index (χ0) is 14.4. The Morgan fingerprint density at radius 2 is 2.10 bits per heavy atom. The van der Waals surface area contributed by atoms with Crippen molar-refractivity contribution in [1.29, 1.82) is 0 Å². The van der Waals surface area contributed by atoms with Gasteiger partial charge in [-0.25, -0.2) is 0 Å². The molecule has 2 rings (SSSR count). The third-order valence-corrected chi connectivity index (χ3v) is 3.68. The highest BCUT2D eigenvalue weighted by Crippen LogP contribution is 2.20. The van der Waals surface area contributed by atoms with Crippen molar-refractivity contribution in [3.63, 3.8) is 0 Å². The van der Waals surface area contributed by atoms with Crippen LogP contribution >= 0.6 is 0 Å². The van der Waals surface area contributed by atoms with E-state index in [9.17, 15) is 4.79 Å². The summed E-state index contributed by atoms with van der Waals surface area (Å²) in [5, 5.41) is 0. The van der Waals surface area contributed by atoms with Crippen molar-refractivity contribution in [2.75, 3.05) is 26.8 Å². The van der Waals surface area contributed by atoms with Gasteiger partial charge in [-0.05, 0) is 44.0 Å². The molecule has 0 spiro atoms. The first-order valence-corrected chi connectivity index (χ1v) is 7.25. The number of hydrogen-bond donors (Lipinski definition) is 0. The minimum absolute atomic E-state index is 0.0245. The lowest BCUT2D eigenvalue weighted by atomic mass is 9.98. The van der Waals surface area contributed by atoms with Crippen LogP contribution in [0.15, 0.2) is 24.3 Å². The van der Waals surface area contributed by atoms with E-state index in [1.165, 1.54) is 12.7 Å². The largest absolute Gasteiger partial charge is 0.494 e. The molecule has 1 saturated heterocycles. The Morgan fingerprint density at radius 1 is 1.35 bits per heavy atom. The van der Waals surface area contributed by atoms with Crippen LogP contribution in [0.2, 0.25) is 0 Å². The van der Waals surface area contributed by atoms with Crippen LogP contribution in [0.5, 0.6) is 5.75 Å². The Hall–Kier alpha value is -1.55. The van der Waals surface area contributed by atoms with Crippen LogP contribution in [0.4, 0.5) is 0 Å². The maximum Gasteiger partial charge on any atom is 0.309 e. The van der Waals surface area contributed by atoms with E-state index in [2.05, 4.69) is 17.0 Å². The SMILES string of the molecule is CCOc1ccc(CN2CCCC(C(=O)OC)C2)cc1. The van der Waals surface area contributed by atoms with Gasteiger partial charge in [0.2, 0.25) is 0 Å². The second kappa shape index (κ2) is 7.29. The number of rotatable bonds is 5. The molecular weight excluding hydrogens is 254 g/mol. The molecule has 1 fully saturated rings. The quantitative estimate of drug-likeness (QED) is 0.775. The smallest absolute Gasteiger partial charge is 0.309 e. The first-order chi connectivity index (χ1) is 9.72. The molecule has 20 heavy (non-hydrogen) atoms. The van der Waals surface area contributed by atoms with Crippen LogP contribution in [-0.2, 0) is 16.1 Å². The van der Waals surface area contributed by atoms with Crippen molar-refractivity contribution in [3.8, 4) is 5.75 Å². The standard InChI is InChI=1S/C16H23NO3/c1-3-20-15-8-6-13(7-9-15)11-17-10-4-5-14(12-17)16(18)19-2/h6-9,14H,3-5,10-12H2,1-2H3. The molecule has 0 amide bonds. The summed E-state index contributed by atoms with van der Waals surface area (Å²) < 4.78 is 10.3. The second-order valence-corrected chi connectivity index (χ2v) is 5.17. The molecule has 0 radical (unpaired) electrons. The fourth-order valence-electron chi connectivity index (χ4n) is 2.67. The van der Waals surface area contributed by atoms with Gasteiger partial charge in [0, 0.05) is 13.1 Å².